The molecule has 5 nitrogen and oxygen atoms in total. The van der Waals surface area contributed by atoms with Crippen LogP contribution in [0.1, 0.15) is 18.3 Å². The van der Waals surface area contributed by atoms with E-state index in [-0.39, 0.29) is 0 Å². The third-order valence-corrected chi connectivity index (χ3v) is 1.23. The monoisotopic (exact) mass is 157 g/mol. The van der Waals surface area contributed by atoms with Gasteiger partial charge in [0.2, 0.25) is 0 Å². The number of hydrogen-bond donors (Lipinski definition) is 1. The predicted octanol–water partition coefficient (Wildman–Crippen LogP) is 0.419. The van der Waals surface area contributed by atoms with Gasteiger partial charge in [0, 0.05) is 0 Å². The smallest absolute Gasteiger partial charge is 0.124 e. The van der Waals surface area contributed by atoms with E-state index in [0.717, 1.165) is 11.4 Å². The maximum Gasteiger partial charge on any atom is 0.124 e. The highest BCUT2D eigenvalue weighted by molar-refractivity contribution is 5.03. The predicted molar refractivity (Wildman–Crippen MR) is 37.5 cm³/mol. The fourth-order valence-corrected chi connectivity index (χ4v) is 0.631. The molecule has 0 saturated heterocycles. The Morgan fingerprint density at radius 1 is 1.55 bits per heavy atom. The minimum absolute atomic E-state index is 0.531. The molecule has 0 unspecified atom stereocenters. The van der Waals surface area contributed by atoms with Crippen molar-refractivity contribution in [3.63, 3.8) is 0 Å². The van der Waals surface area contributed by atoms with Crippen molar-refractivity contribution in [2.24, 2.45) is 0 Å². The zero-order valence-electron chi connectivity index (χ0n) is 6.63. The zero-order valence-corrected chi connectivity index (χ0v) is 6.63. The second kappa shape index (κ2) is 4.05. The lowest BCUT2D eigenvalue weighted by molar-refractivity contribution is 0.0449. The van der Waals surface area contributed by atoms with Crippen LogP contribution >= 0.6 is 0 Å². The zero-order chi connectivity index (χ0) is 8.10. The Morgan fingerprint density at radius 3 is 2.91 bits per heavy atom. The van der Waals surface area contributed by atoms with Crippen molar-refractivity contribution in [2.45, 2.75) is 20.4 Å². The molecule has 0 aliphatic rings. The van der Waals surface area contributed by atoms with Gasteiger partial charge in [0.05, 0.1) is 13.2 Å². The van der Waals surface area contributed by atoms with Gasteiger partial charge in [-0.1, -0.05) is 10.3 Å². The summed E-state index contributed by atoms with van der Waals surface area (Å²) >= 11 is 0. The molecular formula is C6H11N3O2. The highest BCUT2D eigenvalue weighted by Gasteiger charge is 2.02. The van der Waals surface area contributed by atoms with Gasteiger partial charge in [-0.15, -0.1) is 0 Å². The average Bonchev–Trinajstić information content (AvgIpc) is 2.37. The lowest BCUT2D eigenvalue weighted by Crippen LogP contribution is -2.14. The highest BCUT2D eigenvalue weighted by Crippen LogP contribution is 1.98. The SMILES string of the molecule is CCONCc1nonc1C. The molecule has 62 valence electrons. The van der Waals surface area contributed by atoms with Crippen molar-refractivity contribution in [3.05, 3.63) is 11.4 Å². The second-order valence-electron chi connectivity index (χ2n) is 2.05. The molecule has 0 spiro atoms. The Labute approximate surface area is 64.6 Å². The van der Waals surface area contributed by atoms with Crippen LogP contribution in [0.3, 0.4) is 0 Å². The molecule has 0 saturated carbocycles. The maximum atomic E-state index is 4.90. The van der Waals surface area contributed by atoms with E-state index in [4.69, 9.17) is 4.84 Å². The van der Waals surface area contributed by atoms with E-state index in [9.17, 15) is 0 Å². The molecule has 0 aliphatic heterocycles. The van der Waals surface area contributed by atoms with Crippen molar-refractivity contribution >= 4 is 0 Å². The molecule has 1 aromatic rings. The molecule has 0 radical (unpaired) electrons. The number of nitrogens with one attached hydrogen (secondary N) is 1. The minimum Gasteiger partial charge on any atom is -0.302 e. The molecule has 0 amide bonds. The van der Waals surface area contributed by atoms with E-state index in [1.54, 1.807) is 0 Å². The number of rotatable bonds is 4. The summed E-state index contributed by atoms with van der Waals surface area (Å²) in [6.45, 7) is 4.90. The first-order valence-corrected chi connectivity index (χ1v) is 3.47. The van der Waals surface area contributed by atoms with E-state index in [0.29, 0.717) is 13.2 Å². The van der Waals surface area contributed by atoms with Crippen LogP contribution < -0.4 is 5.48 Å². The number of nitrogens with zero attached hydrogens (tertiary/aromatic N) is 2. The van der Waals surface area contributed by atoms with Gasteiger partial charge in [0.1, 0.15) is 11.4 Å². The number of hydroxylamine groups is 1. The third-order valence-electron chi connectivity index (χ3n) is 1.23. The summed E-state index contributed by atoms with van der Waals surface area (Å²) in [7, 11) is 0. The Kier molecular flexibility index (Phi) is 3.00. The molecular weight excluding hydrogens is 146 g/mol. The molecule has 1 heterocycles. The molecule has 1 N–H and O–H groups in total. The Bertz CT molecular complexity index is 211. The van der Waals surface area contributed by atoms with Crippen LogP contribution in [0.15, 0.2) is 4.63 Å². The highest BCUT2D eigenvalue weighted by atomic mass is 16.6. The van der Waals surface area contributed by atoms with Gasteiger partial charge >= 0.3 is 0 Å². The first-order chi connectivity index (χ1) is 5.34. The van der Waals surface area contributed by atoms with Crippen molar-refractivity contribution in [1.29, 1.82) is 0 Å². The fraction of sp³-hybridized carbons (Fsp3) is 0.667. The van der Waals surface area contributed by atoms with Crippen LogP contribution in [0.5, 0.6) is 0 Å². The topological polar surface area (TPSA) is 60.2 Å². The summed E-state index contributed by atoms with van der Waals surface area (Å²) in [5.74, 6) is 0. The largest absolute Gasteiger partial charge is 0.302 e. The number of aromatic nitrogens is 2. The van der Waals surface area contributed by atoms with Gasteiger partial charge in [0.25, 0.3) is 0 Å². The van der Waals surface area contributed by atoms with Crippen LogP contribution in [-0.4, -0.2) is 16.9 Å². The minimum atomic E-state index is 0.531. The van der Waals surface area contributed by atoms with Gasteiger partial charge in [-0.2, -0.15) is 5.48 Å². The standard InChI is InChI=1S/C6H11N3O2/c1-3-10-7-4-6-5(2)8-11-9-6/h7H,3-4H2,1-2H3. The summed E-state index contributed by atoms with van der Waals surface area (Å²) in [5, 5.41) is 7.27. The molecule has 1 rings (SSSR count). The van der Waals surface area contributed by atoms with Gasteiger partial charge in [-0.3, -0.25) is 0 Å². The molecule has 1 aromatic heterocycles. The molecule has 0 bridgehead atoms. The summed E-state index contributed by atoms with van der Waals surface area (Å²) in [4.78, 5) is 4.90. The van der Waals surface area contributed by atoms with Crippen LogP contribution in [0.25, 0.3) is 0 Å². The van der Waals surface area contributed by atoms with Crippen molar-refractivity contribution < 1.29 is 9.47 Å². The second-order valence-corrected chi connectivity index (χ2v) is 2.05. The lowest BCUT2D eigenvalue weighted by atomic mass is 10.3. The summed E-state index contributed by atoms with van der Waals surface area (Å²) in [6, 6.07) is 0. The average molecular weight is 157 g/mol. The van der Waals surface area contributed by atoms with Crippen molar-refractivity contribution in [3.8, 4) is 0 Å². The fourth-order valence-electron chi connectivity index (χ4n) is 0.631. The first kappa shape index (κ1) is 8.16. The Hall–Kier alpha value is -0.940. The maximum absolute atomic E-state index is 4.90. The van der Waals surface area contributed by atoms with Gasteiger partial charge in [-0.05, 0) is 13.8 Å². The molecule has 0 fully saturated rings. The third kappa shape index (κ3) is 2.28. The molecule has 0 atom stereocenters. The molecule has 0 aromatic carbocycles. The van der Waals surface area contributed by atoms with Gasteiger partial charge in [0.15, 0.2) is 0 Å². The van der Waals surface area contributed by atoms with Gasteiger partial charge in [-0.25, -0.2) is 4.63 Å². The van der Waals surface area contributed by atoms with Gasteiger partial charge < -0.3 is 4.84 Å². The van der Waals surface area contributed by atoms with Crippen LogP contribution in [-0.2, 0) is 11.4 Å². The molecule has 5 heteroatoms. The number of hydrogen-bond acceptors (Lipinski definition) is 5. The van der Waals surface area contributed by atoms with E-state index >= 15 is 0 Å². The summed E-state index contributed by atoms with van der Waals surface area (Å²) < 4.78 is 4.48. The lowest BCUT2D eigenvalue weighted by Gasteiger charge is -1.98. The Balaban J connectivity index is 2.32. The van der Waals surface area contributed by atoms with E-state index in [1.165, 1.54) is 0 Å². The van der Waals surface area contributed by atoms with E-state index in [1.807, 2.05) is 13.8 Å². The molecule has 0 aliphatic carbocycles. The van der Waals surface area contributed by atoms with E-state index < -0.39 is 0 Å². The quantitative estimate of drug-likeness (QED) is 0.507. The number of aryl methyl sites for hydroxylation is 1. The van der Waals surface area contributed by atoms with Crippen molar-refractivity contribution in [2.75, 3.05) is 6.61 Å². The van der Waals surface area contributed by atoms with Crippen LogP contribution in [0.4, 0.5) is 0 Å². The van der Waals surface area contributed by atoms with Crippen molar-refractivity contribution in [1.82, 2.24) is 15.8 Å². The summed E-state index contributed by atoms with van der Waals surface area (Å²) in [6.07, 6.45) is 0. The van der Waals surface area contributed by atoms with E-state index in [2.05, 4.69) is 20.4 Å². The molecule has 11 heavy (non-hydrogen) atoms. The van der Waals surface area contributed by atoms with Crippen LogP contribution in [0, 0.1) is 6.92 Å². The van der Waals surface area contributed by atoms with Crippen LogP contribution in [0.2, 0.25) is 0 Å². The Morgan fingerprint density at radius 2 is 2.36 bits per heavy atom. The first-order valence-electron chi connectivity index (χ1n) is 3.47. The summed E-state index contributed by atoms with van der Waals surface area (Å²) in [5.41, 5.74) is 4.28. The normalized spacial score (nSPS) is 10.4.